The van der Waals surface area contributed by atoms with Crippen LogP contribution in [0, 0.1) is 0 Å². The summed E-state index contributed by atoms with van der Waals surface area (Å²) in [6.07, 6.45) is 5.55. The largest absolute Gasteiger partial charge is 0.497 e. The van der Waals surface area contributed by atoms with Crippen molar-refractivity contribution in [1.82, 2.24) is 19.7 Å². The highest BCUT2D eigenvalue weighted by molar-refractivity contribution is 7.07. The third kappa shape index (κ3) is 4.05. The number of carbonyl (C=O) groups excluding carboxylic acids is 1. The quantitative estimate of drug-likeness (QED) is 0.401. The number of pyridine rings is 1. The first-order valence-electron chi connectivity index (χ1n) is 10.5. The lowest BCUT2D eigenvalue weighted by Gasteiger charge is -2.22. The third-order valence-corrected chi connectivity index (χ3v) is 6.45. The van der Waals surface area contributed by atoms with Gasteiger partial charge in [-0.25, -0.2) is 9.67 Å². The minimum atomic E-state index is 0.0256. The SMILES string of the molecule is COc1ccc(Cn2ncc3cc(C(=O)N(Cc4ccsc4)C4CC4)cnc32)c(OC)c1. The number of rotatable bonds is 8. The van der Waals surface area contributed by atoms with Gasteiger partial charge in [-0.05, 0) is 53.4 Å². The Kier molecular flexibility index (Phi) is 5.53. The van der Waals surface area contributed by atoms with Crippen LogP contribution in [0.4, 0.5) is 0 Å². The van der Waals surface area contributed by atoms with Gasteiger partial charge in [0, 0.05) is 35.8 Å². The fourth-order valence-corrected chi connectivity index (χ4v) is 4.51. The van der Waals surface area contributed by atoms with Gasteiger partial charge in [0.1, 0.15) is 11.5 Å². The Labute approximate surface area is 190 Å². The van der Waals surface area contributed by atoms with Crippen LogP contribution >= 0.6 is 11.3 Å². The van der Waals surface area contributed by atoms with Crippen molar-refractivity contribution in [2.24, 2.45) is 0 Å². The first kappa shape index (κ1) is 20.5. The summed E-state index contributed by atoms with van der Waals surface area (Å²) in [6.45, 7) is 1.14. The molecule has 0 N–H and O–H groups in total. The molecule has 1 aromatic carbocycles. The van der Waals surface area contributed by atoms with Crippen molar-refractivity contribution in [2.45, 2.75) is 32.0 Å². The van der Waals surface area contributed by atoms with Crippen molar-refractivity contribution < 1.29 is 14.3 Å². The maximum absolute atomic E-state index is 13.3. The first-order chi connectivity index (χ1) is 15.7. The highest BCUT2D eigenvalue weighted by atomic mass is 32.1. The molecule has 0 aliphatic heterocycles. The number of benzene rings is 1. The molecule has 164 valence electrons. The van der Waals surface area contributed by atoms with E-state index in [4.69, 9.17) is 9.47 Å². The van der Waals surface area contributed by atoms with Crippen molar-refractivity contribution in [2.75, 3.05) is 14.2 Å². The van der Waals surface area contributed by atoms with Gasteiger partial charge >= 0.3 is 0 Å². The van der Waals surface area contributed by atoms with E-state index in [-0.39, 0.29) is 5.91 Å². The lowest BCUT2D eigenvalue weighted by molar-refractivity contribution is 0.0730. The minimum Gasteiger partial charge on any atom is -0.497 e. The Bertz CT molecular complexity index is 1250. The number of hydrogen-bond acceptors (Lipinski definition) is 6. The van der Waals surface area contributed by atoms with E-state index in [0.29, 0.717) is 24.7 Å². The molecule has 0 bridgehead atoms. The van der Waals surface area contributed by atoms with E-state index in [1.165, 1.54) is 5.56 Å². The normalized spacial score (nSPS) is 13.3. The van der Waals surface area contributed by atoms with Crippen LogP contribution in [0.15, 0.2) is 53.5 Å². The maximum Gasteiger partial charge on any atom is 0.255 e. The van der Waals surface area contributed by atoms with Crippen LogP contribution in [-0.4, -0.2) is 45.8 Å². The summed E-state index contributed by atoms with van der Waals surface area (Å²) in [5, 5.41) is 9.49. The number of hydrogen-bond donors (Lipinski definition) is 0. The number of carbonyl (C=O) groups is 1. The number of amides is 1. The summed E-state index contributed by atoms with van der Waals surface area (Å²) in [5.74, 6) is 1.49. The summed E-state index contributed by atoms with van der Waals surface area (Å²) in [6, 6.07) is 10.00. The van der Waals surface area contributed by atoms with E-state index in [1.807, 2.05) is 39.2 Å². The molecule has 1 aliphatic carbocycles. The molecule has 0 radical (unpaired) electrons. The number of ether oxygens (including phenoxy) is 2. The summed E-state index contributed by atoms with van der Waals surface area (Å²) >= 11 is 1.65. The number of aromatic nitrogens is 3. The van der Waals surface area contributed by atoms with Crippen molar-refractivity contribution >= 4 is 28.3 Å². The molecule has 5 rings (SSSR count). The molecule has 1 fully saturated rings. The molecule has 0 atom stereocenters. The van der Waals surface area contributed by atoms with Crippen molar-refractivity contribution in [1.29, 1.82) is 0 Å². The van der Waals surface area contributed by atoms with Gasteiger partial charge in [-0.1, -0.05) is 0 Å². The monoisotopic (exact) mass is 448 g/mol. The van der Waals surface area contributed by atoms with E-state index >= 15 is 0 Å². The summed E-state index contributed by atoms with van der Waals surface area (Å²) in [7, 11) is 3.26. The zero-order chi connectivity index (χ0) is 22.1. The van der Waals surface area contributed by atoms with Gasteiger partial charge in [-0.15, -0.1) is 0 Å². The molecule has 1 saturated carbocycles. The molecule has 0 saturated heterocycles. The summed E-state index contributed by atoms with van der Waals surface area (Å²) in [5.41, 5.74) is 3.47. The summed E-state index contributed by atoms with van der Waals surface area (Å²) in [4.78, 5) is 19.8. The molecule has 1 aliphatic rings. The highest BCUT2D eigenvalue weighted by Crippen LogP contribution is 2.31. The second-order valence-corrected chi connectivity index (χ2v) is 8.69. The van der Waals surface area contributed by atoms with Crippen LogP contribution < -0.4 is 9.47 Å². The molecule has 0 spiro atoms. The van der Waals surface area contributed by atoms with Gasteiger partial charge in [0.25, 0.3) is 5.91 Å². The van der Waals surface area contributed by atoms with Crippen molar-refractivity contribution in [3.63, 3.8) is 0 Å². The molecular weight excluding hydrogens is 424 g/mol. The van der Waals surface area contributed by atoms with E-state index in [2.05, 4.69) is 21.5 Å². The Hall–Kier alpha value is -3.39. The Morgan fingerprint density at radius 3 is 2.78 bits per heavy atom. The van der Waals surface area contributed by atoms with Crippen molar-refractivity contribution in [3.05, 3.63) is 70.2 Å². The van der Waals surface area contributed by atoms with Crippen LogP contribution in [0.5, 0.6) is 11.5 Å². The van der Waals surface area contributed by atoms with Crippen LogP contribution in [-0.2, 0) is 13.1 Å². The average molecular weight is 449 g/mol. The van der Waals surface area contributed by atoms with Gasteiger partial charge in [0.2, 0.25) is 0 Å². The van der Waals surface area contributed by atoms with Gasteiger partial charge in [-0.2, -0.15) is 16.4 Å². The van der Waals surface area contributed by atoms with Crippen LogP contribution in [0.25, 0.3) is 11.0 Å². The lowest BCUT2D eigenvalue weighted by atomic mass is 10.2. The van der Waals surface area contributed by atoms with Crippen LogP contribution in [0.2, 0.25) is 0 Å². The number of thiophene rings is 1. The second-order valence-electron chi connectivity index (χ2n) is 7.91. The molecule has 7 nitrogen and oxygen atoms in total. The van der Waals surface area contributed by atoms with Gasteiger partial charge in [0.15, 0.2) is 5.65 Å². The Balaban J connectivity index is 1.39. The molecule has 32 heavy (non-hydrogen) atoms. The van der Waals surface area contributed by atoms with E-state index in [1.54, 1.807) is 38.0 Å². The predicted molar refractivity (Wildman–Crippen MR) is 123 cm³/mol. The molecular formula is C24H24N4O3S. The molecule has 4 aromatic rings. The number of methoxy groups -OCH3 is 2. The second kappa shape index (κ2) is 8.63. The fourth-order valence-electron chi connectivity index (χ4n) is 3.85. The van der Waals surface area contributed by atoms with E-state index in [9.17, 15) is 4.79 Å². The highest BCUT2D eigenvalue weighted by Gasteiger charge is 2.33. The number of fused-ring (bicyclic) bond motifs is 1. The minimum absolute atomic E-state index is 0.0256. The predicted octanol–water partition coefficient (Wildman–Crippen LogP) is 4.36. The molecule has 3 heterocycles. The zero-order valence-electron chi connectivity index (χ0n) is 18.0. The summed E-state index contributed by atoms with van der Waals surface area (Å²) < 4.78 is 12.6. The molecule has 8 heteroatoms. The molecule has 0 unspecified atom stereocenters. The smallest absolute Gasteiger partial charge is 0.255 e. The Morgan fingerprint density at radius 2 is 2.06 bits per heavy atom. The van der Waals surface area contributed by atoms with Gasteiger partial charge in [0.05, 0.1) is 32.5 Å². The van der Waals surface area contributed by atoms with Gasteiger partial charge < -0.3 is 14.4 Å². The van der Waals surface area contributed by atoms with E-state index < -0.39 is 0 Å². The zero-order valence-corrected chi connectivity index (χ0v) is 18.8. The molecule has 1 amide bonds. The topological polar surface area (TPSA) is 69.5 Å². The standard InChI is InChI=1S/C24H24N4O3S/c1-30-21-6-3-17(22(10-21)31-2)14-28-23-18(12-26-28)9-19(11-25-23)24(29)27(20-4-5-20)13-16-7-8-32-15-16/h3,6-12,15,20H,4-5,13-14H2,1-2H3. The van der Waals surface area contributed by atoms with Crippen molar-refractivity contribution in [3.8, 4) is 11.5 Å². The molecule has 3 aromatic heterocycles. The number of nitrogens with zero attached hydrogens (tertiary/aromatic N) is 4. The third-order valence-electron chi connectivity index (χ3n) is 5.72. The van der Waals surface area contributed by atoms with Crippen LogP contribution in [0.1, 0.15) is 34.3 Å². The van der Waals surface area contributed by atoms with Gasteiger partial charge in [-0.3, -0.25) is 4.79 Å². The average Bonchev–Trinajstić information content (AvgIpc) is 3.39. The first-order valence-corrected chi connectivity index (χ1v) is 11.4. The fraction of sp³-hybridized carbons (Fsp3) is 0.292. The lowest BCUT2D eigenvalue weighted by Crippen LogP contribution is -2.32. The van der Waals surface area contributed by atoms with E-state index in [0.717, 1.165) is 40.9 Å². The maximum atomic E-state index is 13.3. The Morgan fingerprint density at radius 1 is 1.19 bits per heavy atom. The van der Waals surface area contributed by atoms with Crippen LogP contribution in [0.3, 0.4) is 0 Å².